The molecule has 3 N–H and O–H groups in total. The quantitative estimate of drug-likeness (QED) is 0.473. The van der Waals surface area contributed by atoms with E-state index >= 15 is 0 Å². The van der Waals surface area contributed by atoms with Crippen LogP contribution in [0.5, 0.6) is 5.75 Å². The highest BCUT2D eigenvalue weighted by Crippen LogP contribution is 2.28. The van der Waals surface area contributed by atoms with Crippen molar-refractivity contribution in [2.45, 2.75) is 25.7 Å². The van der Waals surface area contributed by atoms with Crippen LogP contribution in [0.15, 0.2) is 51.8 Å². The summed E-state index contributed by atoms with van der Waals surface area (Å²) in [6, 6.07) is 10.9. The van der Waals surface area contributed by atoms with E-state index in [-0.39, 0.29) is 11.7 Å². The minimum Gasteiger partial charge on any atom is -0.508 e. The van der Waals surface area contributed by atoms with E-state index in [1.54, 1.807) is 24.3 Å². The highest BCUT2D eigenvalue weighted by Gasteiger charge is 2.08. The SMILES string of the molecule is C/C=C(\NNC(=O)CSc1cc(C)c(Br)cc1C)c1ccc(O)cc1. The molecule has 2 aromatic rings. The van der Waals surface area contributed by atoms with E-state index in [0.29, 0.717) is 5.75 Å². The van der Waals surface area contributed by atoms with Crippen molar-refractivity contribution in [3.05, 3.63) is 63.6 Å². The van der Waals surface area contributed by atoms with Gasteiger partial charge < -0.3 is 5.11 Å². The fraction of sp³-hybridized carbons (Fsp3) is 0.211. The highest BCUT2D eigenvalue weighted by molar-refractivity contribution is 9.10. The average molecular weight is 421 g/mol. The van der Waals surface area contributed by atoms with Gasteiger partial charge in [0.05, 0.1) is 11.4 Å². The van der Waals surface area contributed by atoms with Crippen molar-refractivity contribution in [3.8, 4) is 5.75 Å². The van der Waals surface area contributed by atoms with E-state index in [1.165, 1.54) is 11.8 Å². The Hall–Kier alpha value is -1.92. The molecule has 0 saturated carbocycles. The third-order valence-electron chi connectivity index (χ3n) is 3.62. The van der Waals surface area contributed by atoms with Crippen LogP contribution in [0.2, 0.25) is 0 Å². The molecule has 0 aliphatic heterocycles. The molecule has 0 atom stereocenters. The summed E-state index contributed by atoms with van der Waals surface area (Å²) in [5, 5.41) is 9.35. The predicted molar refractivity (Wildman–Crippen MR) is 107 cm³/mol. The Balaban J connectivity index is 1.90. The van der Waals surface area contributed by atoms with Crippen LogP contribution in [0.4, 0.5) is 0 Å². The molecule has 0 aliphatic rings. The van der Waals surface area contributed by atoms with Gasteiger partial charge in [0.2, 0.25) is 5.91 Å². The van der Waals surface area contributed by atoms with E-state index in [1.807, 2.05) is 26.8 Å². The molecule has 2 rings (SSSR count). The zero-order valence-corrected chi connectivity index (χ0v) is 16.8. The monoisotopic (exact) mass is 420 g/mol. The zero-order chi connectivity index (χ0) is 18.4. The maximum atomic E-state index is 12.1. The number of phenols is 1. The third-order valence-corrected chi connectivity index (χ3v) is 5.63. The summed E-state index contributed by atoms with van der Waals surface area (Å²) < 4.78 is 1.08. The average Bonchev–Trinajstić information content (AvgIpc) is 2.59. The molecule has 0 heterocycles. The molecule has 132 valence electrons. The largest absolute Gasteiger partial charge is 0.508 e. The lowest BCUT2D eigenvalue weighted by Gasteiger charge is -2.13. The van der Waals surface area contributed by atoms with Gasteiger partial charge in [0.25, 0.3) is 0 Å². The van der Waals surface area contributed by atoms with Gasteiger partial charge in [0.15, 0.2) is 0 Å². The maximum Gasteiger partial charge on any atom is 0.248 e. The second-order valence-corrected chi connectivity index (χ2v) is 7.45. The van der Waals surface area contributed by atoms with Gasteiger partial charge in [-0.25, -0.2) is 0 Å². The molecule has 0 radical (unpaired) electrons. The van der Waals surface area contributed by atoms with Crippen LogP contribution in [-0.2, 0) is 4.79 Å². The van der Waals surface area contributed by atoms with E-state index in [4.69, 9.17) is 0 Å². The zero-order valence-electron chi connectivity index (χ0n) is 14.4. The van der Waals surface area contributed by atoms with Crippen LogP contribution in [0.25, 0.3) is 5.70 Å². The standard InChI is InChI=1S/C19H21BrN2O2S/c1-4-17(14-5-7-15(23)8-6-14)21-22-19(24)11-25-18-10-12(2)16(20)9-13(18)3/h4-10,21,23H,11H2,1-3H3,(H,22,24)/b17-4-. The van der Waals surface area contributed by atoms with Gasteiger partial charge in [0.1, 0.15) is 5.75 Å². The van der Waals surface area contributed by atoms with Gasteiger partial charge in [-0.3, -0.25) is 15.6 Å². The van der Waals surface area contributed by atoms with Crippen LogP contribution < -0.4 is 10.9 Å². The van der Waals surface area contributed by atoms with E-state index in [9.17, 15) is 9.90 Å². The number of carbonyl (C=O) groups is 1. The number of aromatic hydroxyl groups is 1. The highest BCUT2D eigenvalue weighted by atomic mass is 79.9. The number of phenolic OH excluding ortho intramolecular Hbond substituents is 1. The number of halogens is 1. The molecular weight excluding hydrogens is 400 g/mol. The van der Waals surface area contributed by atoms with Crippen molar-refractivity contribution in [2.24, 2.45) is 0 Å². The number of benzene rings is 2. The molecule has 6 heteroatoms. The number of thioether (sulfide) groups is 1. The lowest BCUT2D eigenvalue weighted by Crippen LogP contribution is -2.37. The Labute approximate surface area is 160 Å². The van der Waals surface area contributed by atoms with E-state index in [2.05, 4.69) is 38.9 Å². The van der Waals surface area contributed by atoms with E-state index < -0.39 is 0 Å². The number of hydrogen-bond acceptors (Lipinski definition) is 4. The number of allylic oxidation sites excluding steroid dienone is 1. The van der Waals surface area contributed by atoms with Crippen molar-refractivity contribution in [1.82, 2.24) is 10.9 Å². The first kappa shape index (κ1) is 19.4. The molecule has 0 aliphatic carbocycles. The van der Waals surface area contributed by atoms with Crippen LogP contribution in [0.3, 0.4) is 0 Å². The molecular formula is C19H21BrN2O2S. The van der Waals surface area contributed by atoms with Gasteiger partial charge in [0, 0.05) is 9.37 Å². The number of aryl methyl sites for hydroxylation is 2. The molecule has 4 nitrogen and oxygen atoms in total. The molecule has 0 unspecified atom stereocenters. The van der Waals surface area contributed by atoms with Gasteiger partial charge in [-0.05, 0) is 73.9 Å². The van der Waals surface area contributed by atoms with Crippen molar-refractivity contribution in [1.29, 1.82) is 0 Å². The number of hydrogen-bond donors (Lipinski definition) is 3. The predicted octanol–water partition coefficient (Wildman–Crippen LogP) is 4.55. The van der Waals surface area contributed by atoms with Gasteiger partial charge in [-0.2, -0.15) is 0 Å². The first-order valence-electron chi connectivity index (χ1n) is 7.81. The topological polar surface area (TPSA) is 61.4 Å². The molecule has 1 amide bonds. The molecule has 0 saturated heterocycles. The van der Waals surface area contributed by atoms with Crippen LogP contribution in [0.1, 0.15) is 23.6 Å². The number of hydrazine groups is 1. The summed E-state index contributed by atoms with van der Waals surface area (Å²) in [6.07, 6.45) is 1.86. The Morgan fingerprint density at radius 2 is 1.84 bits per heavy atom. The summed E-state index contributed by atoms with van der Waals surface area (Å²) in [4.78, 5) is 13.2. The van der Waals surface area contributed by atoms with Gasteiger partial charge in [-0.15, -0.1) is 11.8 Å². The van der Waals surface area contributed by atoms with Crippen LogP contribution >= 0.6 is 27.7 Å². The molecule has 25 heavy (non-hydrogen) atoms. The first-order chi connectivity index (χ1) is 11.9. The second kappa shape index (κ2) is 8.97. The minimum absolute atomic E-state index is 0.108. The molecule has 0 aromatic heterocycles. The van der Waals surface area contributed by atoms with Crippen molar-refractivity contribution < 1.29 is 9.90 Å². The van der Waals surface area contributed by atoms with Gasteiger partial charge >= 0.3 is 0 Å². The van der Waals surface area contributed by atoms with Gasteiger partial charge in [-0.1, -0.05) is 22.0 Å². The van der Waals surface area contributed by atoms with Crippen LogP contribution in [-0.4, -0.2) is 16.8 Å². The molecule has 0 bridgehead atoms. The number of nitrogens with one attached hydrogen (secondary N) is 2. The third kappa shape index (κ3) is 5.54. The molecule has 0 fully saturated rings. The number of amides is 1. The Bertz CT molecular complexity index is 789. The number of carbonyl (C=O) groups excluding carboxylic acids is 1. The summed E-state index contributed by atoms with van der Waals surface area (Å²) in [6.45, 7) is 5.95. The Morgan fingerprint density at radius 1 is 1.16 bits per heavy atom. The van der Waals surface area contributed by atoms with Crippen molar-refractivity contribution in [3.63, 3.8) is 0 Å². The number of rotatable bonds is 6. The molecule has 2 aromatic carbocycles. The van der Waals surface area contributed by atoms with E-state index in [0.717, 1.165) is 31.8 Å². The normalized spacial score (nSPS) is 11.3. The second-order valence-electron chi connectivity index (χ2n) is 5.58. The maximum absolute atomic E-state index is 12.1. The minimum atomic E-state index is -0.108. The Kier molecular flexibility index (Phi) is 6.96. The molecule has 0 spiro atoms. The summed E-state index contributed by atoms with van der Waals surface area (Å²) in [7, 11) is 0. The lowest BCUT2D eigenvalue weighted by molar-refractivity contribution is -0.119. The van der Waals surface area contributed by atoms with Crippen molar-refractivity contribution in [2.75, 3.05) is 5.75 Å². The van der Waals surface area contributed by atoms with Crippen LogP contribution in [0, 0.1) is 13.8 Å². The smallest absolute Gasteiger partial charge is 0.248 e. The lowest BCUT2D eigenvalue weighted by atomic mass is 10.1. The first-order valence-corrected chi connectivity index (χ1v) is 9.58. The van der Waals surface area contributed by atoms with Crippen molar-refractivity contribution >= 4 is 39.3 Å². The summed E-state index contributed by atoms with van der Waals surface area (Å²) >= 11 is 5.02. The Morgan fingerprint density at radius 3 is 2.48 bits per heavy atom. The summed E-state index contributed by atoms with van der Waals surface area (Å²) in [5.41, 5.74) is 9.59. The fourth-order valence-electron chi connectivity index (χ4n) is 2.18. The fourth-order valence-corrected chi connectivity index (χ4v) is 3.54. The summed E-state index contributed by atoms with van der Waals surface area (Å²) in [5.74, 6) is 0.421.